The molecule has 0 fully saturated rings. The monoisotopic (exact) mass is 272 g/mol. The van der Waals surface area contributed by atoms with Crippen molar-refractivity contribution in [1.29, 1.82) is 0 Å². The molecule has 0 aliphatic carbocycles. The fourth-order valence-corrected chi connectivity index (χ4v) is 2.43. The first-order valence-electron chi connectivity index (χ1n) is 6.23. The zero-order chi connectivity index (χ0) is 15.0. The highest BCUT2D eigenvalue weighted by Gasteiger charge is 2.15. The molecular weight excluding hydrogens is 256 g/mol. The zero-order valence-corrected chi connectivity index (χ0v) is 11.9. The number of carboxylic acids is 1. The van der Waals surface area contributed by atoms with Gasteiger partial charge in [0.2, 0.25) is 11.1 Å². The molecule has 5 nitrogen and oxygen atoms in total. The van der Waals surface area contributed by atoms with Crippen LogP contribution >= 0.6 is 0 Å². The summed E-state index contributed by atoms with van der Waals surface area (Å²) in [6.07, 6.45) is 0. The summed E-state index contributed by atoms with van der Waals surface area (Å²) in [7, 11) is 0. The fourth-order valence-electron chi connectivity index (χ4n) is 2.43. The molecule has 5 heteroatoms. The van der Waals surface area contributed by atoms with Crippen LogP contribution in [0, 0.1) is 27.7 Å². The Bertz CT molecular complexity index is 737. The van der Waals surface area contributed by atoms with Crippen molar-refractivity contribution in [3.05, 3.63) is 56.5 Å². The molecule has 2 aromatic rings. The highest BCUT2D eigenvalue weighted by Crippen LogP contribution is 2.21. The maximum atomic E-state index is 11.6. The molecule has 0 atom stereocenters. The van der Waals surface area contributed by atoms with E-state index in [2.05, 4.69) is 5.10 Å². The quantitative estimate of drug-likeness (QED) is 0.909. The van der Waals surface area contributed by atoms with E-state index >= 15 is 0 Å². The van der Waals surface area contributed by atoms with Crippen LogP contribution in [0.2, 0.25) is 0 Å². The third kappa shape index (κ3) is 2.34. The van der Waals surface area contributed by atoms with Crippen LogP contribution in [0.1, 0.15) is 32.9 Å². The van der Waals surface area contributed by atoms with E-state index in [0.29, 0.717) is 5.69 Å². The molecule has 0 bridgehead atoms. The van der Waals surface area contributed by atoms with Gasteiger partial charge in [0.1, 0.15) is 0 Å². The van der Waals surface area contributed by atoms with Crippen LogP contribution in [-0.4, -0.2) is 20.9 Å². The van der Waals surface area contributed by atoms with Crippen molar-refractivity contribution >= 4 is 5.97 Å². The average Bonchev–Trinajstić information content (AvgIpc) is 2.29. The Labute approximate surface area is 116 Å². The van der Waals surface area contributed by atoms with Crippen molar-refractivity contribution in [2.45, 2.75) is 27.7 Å². The van der Waals surface area contributed by atoms with Gasteiger partial charge in [-0.05, 0) is 38.8 Å². The standard InChI is InChI=1S/C15H16N2O3/c1-8-5-9(2)14(10(3)6-8)17-11(4)7-12(18)13(16-17)15(19)20/h5-7H,1-4H3,(H,19,20). The molecule has 1 heterocycles. The molecule has 0 amide bonds. The number of nitrogens with zero attached hydrogens (tertiary/aromatic N) is 2. The lowest BCUT2D eigenvalue weighted by Crippen LogP contribution is -2.23. The number of carboxylic acid groups (broad SMARTS) is 1. The van der Waals surface area contributed by atoms with Crippen molar-refractivity contribution in [3.63, 3.8) is 0 Å². The largest absolute Gasteiger partial charge is 0.476 e. The van der Waals surface area contributed by atoms with Gasteiger partial charge in [0.25, 0.3) is 0 Å². The number of hydrogen-bond acceptors (Lipinski definition) is 3. The Hall–Kier alpha value is -2.43. The molecular formula is C15H16N2O3. The van der Waals surface area contributed by atoms with E-state index in [9.17, 15) is 9.59 Å². The van der Waals surface area contributed by atoms with E-state index in [1.807, 2.05) is 32.9 Å². The molecule has 0 saturated carbocycles. The van der Waals surface area contributed by atoms with Gasteiger partial charge in [-0.2, -0.15) is 5.10 Å². The van der Waals surface area contributed by atoms with E-state index in [1.165, 1.54) is 10.7 Å². The first-order chi connectivity index (χ1) is 9.31. The van der Waals surface area contributed by atoms with Crippen molar-refractivity contribution in [2.75, 3.05) is 0 Å². The van der Waals surface area contributed by atoms with Crippen molar-refractivity contribution in [1.82, 2.24) is 9.78 Å². The van der Waals surface area contributed by atoms with Crippen molar-refractivity contribution in [2.24, 2.45) is 0 Å². The van der Waals surface area contributed by atoms with Gasteiger partial charge in [0, 0.05) is 11.8 Å². The first-order valence-corrected chi connectivity index (χ1v) is 6.23. The zero-order valence-electron chi connectivity index (χ0n) is 11.9. The first kappa shape index (κ1) is 14.0. The van der Waals surface area contributed by atoms with Gasteiger partial charge in [-0.25, -0.2) is 9.48 Å². The number of hydrogen-bond donors (Lipinski definition) is 1. The van der Waals surface area contributed by atoms with E-state index in [4.69, 9.17) is 5.11 Å². The van der Waals surface area contributed by atoms with Gasteiger partial charge in [-0.3, -0.25) is 4.79 Å². The van der Waals surface area contributed by atoms with Gasteiger partial charge in [-0.1, -0.05) is 17.7 Å². The SMILES string of the molecule is Cc1cc(C)c(-n2nc(C(=O)O)c(=O)cc2C)c(C)c1. The lowest BCUT2D eigenvalue weighted by Gasteiger charge is -2.16. The van der Waals surface area contributed by atoms with E-state index in [1.54, 1.807) is 6.92 Å². The molecule has 1 aromatic heterocycles. The predicted octanol–water partition coefficient (Wildman–Crippen LogP) is 2.16. The molecule has 2 rings (SSSR count). The molecule has 1 N–H and O–H groups in total. The summed E-state index contributed by atoms with van der Waals surface area (Å²) in [5.41, 5.74) is 3.48. The number of aromatic nitrogens is 2. The maximum absolute atomic E-state index is 11.6. The summed E-state index contributed by atoms with van der Waals surface area (Å²) >= 11 is 0. The molecule has 0 aliphatic rings. The molecule has 0 aliphatic heterocycles. The summed E-state index contributed by atoms with van der Waals surface area (Å²) in [5.74, 6) is -1.31. The average molecular weight is 272 g/mol. The lowest BCUT2D eigenvalue weighted by atomic mass is 10.0. The van der Waals surface area contributed by atoms with Gasteiger partial charge in [0.05, 0.1) is 5.69 Å². The topological polar surface area (TPSA) is 72.2 Å². The Morgan fingerprint density at radius 1 is 1.10 bits per heavy atom. The second kappa shape index (κ2) is 4.92. The molecule has 0 radical (unpaired) electrons. The van der Waals surface area contributed by atoms with Crippen LogP contribution in [0.4, 0.5) is 0 Å². The third-order valence-corrected chi connectivity index (χ3v) is 3.16. The van der Waals surface area contributed by atoms with Gasteiger partial charge in [-0.15, -0.1) is 0 Å². The van der Waals surface area contributed by atoms with Crippen LogP contribution in [0.25, 0.3) is 5.69 Å². The molecule has 0 spiro atoms. The molecule has 20 heavy (non-hydrogen) atoms. The summed E-state index contributed by atoms with van der Waals surface area (Å²) < 4.78 is 1.52. The number of benzene rings is 1. The van der Waals surface area contributed by atoms with Crippen LogP contribution in [0.3, 0.4) is 0 Å². The Balaban J connectivity index is 2.80. The highest BCUT2D eigenvalue weighted by atomic mass is 16.4. The molecule has 1 aromatic carbocycles. The van der Waals surface area contributed by atoms with Crippen LogP contribution < -0.4 is 5.43 Å². The Morgan fingerprint density at radius 3 is 2.15 bits per heavy atom. The Kier molecular flexibility index (Phi) is 3.44. The summed E-state index contributed by atoms with van der Waals surface area (Å²) in [6.45, 7) is 7.61. The summed E-state index contributed by atoms with van der Waals surface area (Å²) in [6, 6.07) is 5.30. The van der Waals surface area contributed by atoms with E-state index < -0.39 is 17.1 Å². The number of carbonyl (C=O) groups is 1. The molecule has 104 valence electrons. The second-order valence-corrected chi connectivity index (χ2v) is 4.96. The normalized spacial score (nSPS) is 10.6. The highest BCUT2D eigenvalue weighted by molar-refractivity contribution is 5.85. The predicted molar refractivity (Wildman–Crippen MR) is 75.7 cm³/mol. The van der Waals surface area contributed by atoms with Crippen molar-refractivity contribution in [3.8, 4) is 5.69 Å². The third-order valence-electron chi connectivity index (χ3n) is 3.16. The molecule has 0 unspecified atom stereocenters. The minimum Gasteiger partial charge on any atom is -0.476 e. The number of aryl methyl sites for hydroxylation is 4. The minimum absolute atomic E-state index is 0.463. The van der Waals surface area contributed by atoms with E-state index in [-0.39, 0.29) is 0 Å². The van der Waals surface area contributed by atoms with Crippen molar-refractivity contribution < 1.29 is 9.90 Å². The van der Waals surface area contributed by atoms with Gasteiger partial charge >= 0.3 is 5.97 Å². The Morgan fingerprint density at radius 2 is 1.65 bits per heavy atom. The maximum Gasteiger partial charge on any atom is 0.360 e. The number of aromatic carboxylic acids is 1. The summed E-state index contributed by atoms with van der Waals surface area (Å²) in [4.78, 5) is 22.7. The number of rotatable bonds is 2. The second-order valence-electron chi connectivity index (χ2n) is 4.96. The van der Waals surface area contributed by atoms with Crippen LogP contribution in [0.15, 0.2) is 23.0 Å². The van der Waals surface area contributed by atoms with Gasteiger partial charge < -0.3 is 5.11 Å². The van der Waals surface area contributed by atoms with Crippen LogP contribution in [-0.2, 0) is 0 Å². The van der Waals surface area contributed by atoms with Gasteiger partial charge in [0.15, 0.2) is 0 Å². The molecule has 0 saturated heterocycles. The lowest BCUT2D eigenvalue weighted by molar-refractivity contribution is 0.0686. The van der Waals surface area contributed by atoms with E-state index in [0.717, 1.165) is 22.4 Å². The summed E-state index contributed by atoms with van der Waals surface area (Å²) in [5, 5.41) is 13.0. The smallest absolute Gasteiger partial charge is 0.360 e. The van der Waals surface area contributed by atoms with Crippen LogP contribution in [0.5, 0.6) is 0 Å². The minimum atomic E-state index is -1.31. The fraction of sp³-hybridized carbons (Fsp3) is 0.267.